The Bertz CT molecular complexity index is 399. The molecule has 0 bridgehead atoms. The van der Waals surface area contributed by atoms with Crippen molar-refractivity contribution in [3.63, 3.8) is 0 Å². The van der Waals surface area contributed by atoms with E-state index in [1.165, 1.54) is 16.7 Å². The van der Waals surface area contributed by atoms with E-state index in [9.17, 15) is 4.79 Å². The van der Waals surface area contributed by atoms with Gasteiger partial charge >= 0.3 is 5.97 Å². The molecule has 3 heteroatoms. The average molecular weight is 221 g/mol. The molecule has 1 aromatic rings. The first-order chi connectivity index (χ1) is 7.43. The predicted molar refractivity (Wildman–Crippen MR) is 66.2 cm³/mol. The molecule has 1 rings (SSSR count). The molecule has 3 nitrogen and oxygen atoms in total. The van der Waals surface area contributed by atoms with E-state index >= 15 is 0 Å². The number of hydrogen-bond acceptors (Lipinski definition) is 2. The Morgan fingerprint density at radius 2 is 1.88 bits per heavy atom. The van der Waals surface area contributed by atoms with Gasteiger partial charge < -0.3 is 10.0 Å². The zero-order valence-electron chi connectivity index (χ0n) is 10.4. The zero-order chi connectivity index (χ0) is 12.3. The molecule has 88 valence electrons. The highest BCUT2D eigenvalue weighted by atomic mass is 16.4. The monoisotopic (exact) mass is 221 g/mol. The van der Waals surface area contributed by atoms with E-state index in [4.69, 9.17) is 5.11 Å². The maximum atomic E-state index is 10.5. The maximum Gasteiger partial charge on any atom is 0.305 e. The van der Waals surface area contributed by atoms with Gasteiger partial charge in [0.2, 0.25) is 0 Å². The Morgan fingerprint density at radius 3 is 2.44 bits per heavy atom. The third kappa shape index (κ3) is 2.75. The van der Waals surface area contributed by atoms with Crippen LogP contribution in [0.1, 0.15) is 23.1 Å². The lowest BCUT2D eigenvalue weighted by Crippen LogP contribution is -2.22. The summed E-state index contributed by atoms with van der Waals surface area (Å²) in [6, 6.07) is 4.13. The molecule has 1 aromatic carbocycles. The van der Waals surface area contributed by atoms with E-state index in [2.05, 4.69) is 32.9 Å². The molecular weight excluding hydrogens is 202 g/mol. The van der Waals surface area contributed by atoms with E-state index in [1.54, 1.807) is 0 Å². The van der Waals surface area contributed by atoms with Gasteiger partial charge in [0.25, 0.3) is 0 Å². The van der Waals surface area contributed by atoms with Crippen LogP contribution in [0.5, 0.6) is 0 Å². The molecular formula is C13H19NO2. The minimum atomic E-state index is -0.756. The van der Waals surface area contributed by atoms with Crippen LogP contribution in [0.3, 0.4) is 0 Å². The first-order valence-corrected chi connectivity index (χ1v) is 5.43. The zero-order valence-corrected chi connectivity index (χ0v) is 10.4. The molecule has 0 amide bonds. The summed E-state index contributed by atoms with van der Waals surface area (Å²) in [5.74, 6) is -0.756. The lowest BCUT2D eigenvalue weighted by molar-refractivity contribution is -0.136. The number of carbonyl (C=O) groups is 1. The molecule has 0 saturated heterocycles. The fourth-order valence-electron chi connectivity index (χ4n) is 1.74. The molecule has 0 radical (unpaired) electrons. The minimum absolute atomic E-state index is 0.170. The van der Waals surface area contributed by atoms with Gasteiger partial charge in [-0.2, -0.15) is 0 Å². The Morgan fingerprint density at radius 1 is 1.25 bits per heavy atom. The Kier molecular flexibility index (Phi) is 3.93. The molecule has 0 unspecified atom stereocenters. The first-order valence-electron chi connectivity index (χ1n) is 5.43. The van der Waals surface area contributed by atoms with Gasteiger partial charge in [-0.05, 0) is 43.5 Å². The smallest absolute Gasteiger partial charge is 0.305 e. The topological polar surface area (TPSA) is 40.5 Å². The van der Waals surface area contributed by atoms with Gasteiger partial charge in [0, 0.05) is 19.3 Å². The normalized spacial score (nSPS) is 10.2. The largest absolute Gasteiger partial charge is 0.481 e. The lowest BCUT2D eigenvalue weighted by Gasteiger charge is -2.22. The van der Waals surface area contributed by atoms with Gasteiger partial charge in [-0.25, -0.2) is 0 Å². The third-order valence-corrected chi connectivity index (χ3v) is 3.10. The summed E-state index contributed by atoms with van der Waals surface area (Å²) in [7, 11) is 1.93. The summed E-state index contributed by atoms with van der Waals surface area (Å²) in [5, 5.41) is 8.65. The highest BCUT2D eigenvalue weighted by molar-refractivity contribution is 5.68. The van der Waals surface area contributed by atoms with Crippen LogP contribution in [0.2, 0.25) is 0 Å². The fourth-order valence-corrected chi connectivity index (χ4v) is 1.74. The molecule has 16 heavy (non-hydrogen) atoms. The summed E-state index contributed by atoms with van der Waals surface area (Å²) in [6.45, 7) is 6.80. The number of hydrogen-bond donors (Lipinski definition) is 1. The van der Waals surface area contributed by atoms with E-state index in [1.807, 2.05) is 11.9 Å². The second kappa shape index (κ2) is 5.01. The average Bonchev–Trinajstić information content (AvgIpc) is 2.23. The van der Waals surface area contributed by atoms with E-state index in [-0.39, 0.29) is 6.42 Å². The summed E-state index contributed by atoms with van der Waals surface area (Å²) >= 11 is 0. The highest BCUT2D eigenvalue weighted by Crippen LogP contribution is 2.24. The van der Waals surface area contributed by atoms with E-state index in [0.29, 0.717) is 6.54 Å². The van der Waals surface area contributed by atoms with Crippen LogP contribution >= 0.6 is 0 Å². The molecule has 0 spiro atoms. The Hall–Kier alpha value is -1.51. The van der Waals surface area contributed by atoms with Crippen LogP contribution in [-0.4, -0.2) is 24.7 Å². The van der Waals surface area contributed by atoms with Crippen LogP contribution in [-0.2, 0) is 4.79 Å². The number of carboxylic acid groups (broad SMARTS) is 1. The van der Waals surface area contributed by atoms with Crippen molar-refractivity contribution in [3.05, 3.63) is 28.8 Å². The number of rotatable bonds is 4. The lowest BCUT2D eigenvalue weighted by atomic mass is 10.0. The van der Waals surface area contributed by atoms with Crippen LogP contribution < -0.4 is 4.90 Å². The SMILES string of the molecule is Cc1ccc(N(C)CCC(=O)O)c(C)c1C. The summed E-state index contributed by atoms with van der Waals surface area (Å²) in [5.41, 5.74) is 4.89. The third-order valence-electron chi connectivity index (χ3n) is 3.10. The van der Waals surface area contributed by atoms with Crippen molar-refractivity contribution in [2.75, 3.05) is 18.5 Å². The molecule has 0 aliphatic rings. The maximum absolute atomic E-state index is 10.5. The van der Waals surface area contributed by atoms with Gasteiger partial charge in [-0.1, -0.05) is 6.07 Å². The van der Waals surface area contributed by atoms with Gasteiger partial charge in [0.1, 0.15) is 0 Å². The molecule has 0 aliphatic carbocycles. The van der Waals surface area contributed by atoms with Crippen molar-refractivity contribution < 1.29 is 9.90 Å². The predicted octanol–water partition coefficient (Wildman–Crippen LogP) is 2.52. The number of carboxylic acids is 1. The molecule has 0 atom stereocenters. The molecule has 0 aliphatic heterocycles. The van der Waals surface area contributed by atoms with Crippen molar-refractivity contribution in [2.45, 2.75) is 27.2 Å². The van der Waals surface area contributed by atoms with Crippen LogP contribution in [0, 0.1) is 20.8 Å². The van der Waals surface area contributed by atoms with Crippen molar-refractivity contribution in [1.29, 1.82) is 0 Å². The minimum Gasteiger partial charge on any atom is -0.481 e. The van der Waals surface area contributed by atoms with E-state index < -0.39 is 5.97 Å². The first kappa shape index (κ1) is 12.6. The highest BCUT2D eigenvalue weighted by Gasteiger charge is 2.09. The van der Waals surface area contributed by atoms with E-state index in [0.717, 1.165) is 5.69 Å². The fraction of sp³-hybridized carbons (Fsp3) is 0.462. The number of anilines is 1. The Balaban J connectivity index is 2.87. The molecule has 0 aromatic heterocycles. The van der Waals surface area contributed by atoms with Crippen LogP contribution in [0.25, 0.3) is 0 Å². The van der Waals surface area contributed by atoms with Gasteiger partial charge in [0.15, 0.2) is 0 Å². The summed E-state index contributed by atoms with van der Waals surface area (Å²) in [4.78, 5) is 12.5. The Labute approximate surface area is 96.7 Å². The van der Waals surface area contributed by atoms with Crippen LogP contribution in [0.4, 0.5) is 5.69 Å². The van der Waals surface area contributed by atoms with Crippen molar-refractivity contribution in [2.24, 2.45) is 0 Å². The van der Waals surface area contributed by atoms with Gasteiger partial charge in [-0.15, -0.1) is 0 Å². The quantitative estimate of drug-likeness (QED) is 0.849. The second-order valence-electron chi connectivity index (χ2n) is 4.22. The van der Waals surface area contributed by atoms with Gasteiger partial charge in [0.05, 0.1) is 6.42 Å². The molecule has 0 saturated carbocycles. The number of nitrogens with zero attached hydrogens (tertiary/aromatic N) is 1. The standard InChI is InChI=1S/C13H19NO2/c1-9-5-6-12(11(3)10(9)2)14(4)8-7-13(15)16/h5-6H,7-8H2,1-4H3,(H,15,16). The number of benzene rings is 1. The van der Waals surface area contributed by atoms with Crippen molar-refractivity contribution in [3.8, 4) is 0 Å². The molecule has 0 heterocycles. The molecule has 1 N–H and O–H groups in total. The van der Waals surface area contributed by atoms with Crippen LogP contribution in [0.15, 0.2) is 12.1 Å². The summed E-state index contributed by atoms with van der Waals surface area (Å²) in [6.07, 6.45) is 0.170. The van der Waals surface area contributed by atoms with Crippen molar-refractivity contribution >= 4 is 11.7 Å². The van der Waals surface area contributed by atoms with Crippen molar-refractivity contribution in [1.82, 2.24) is 0 Å². The van der Waals surface area contributed by atoms with Gasteiger partial charge in [-0.3, -0.25) is 4.79 Å². The molecule has 0 fully saturated rings. The summed E-state index contributed by atoms with van der Waals surface area (Å²) < 4.78 is 0. The number of aliphatic carboxylic acids is 1. The number of aryl methyl sites for hydroxylation is 1. The second-order valence-corrected chi connectivity index (χ2v) is 4.22.